The van der Waals surface area contributed by atoms with Crippen molar-refractivity contribution in [2.75, 3.05) is 6.54 Å². The molecule has 0 aliphatic rings. The minimum atomic E-state index is -1.49. The molecule has 0 spiro atoms. The molecule has 2 aromatic rings. The number of hydrogen-bond donors (Lipinski definition) is 5. The summed E-state index contributed by atoms with van der Waals surface area (Å²) < 4.78 is 42.0. The van der Waals surface area contributed by atoms with Crippen LogP contribution in [-0.4, -0.2) is 53.1 Å². The van der Waals surface area contributed by atoms with Crippen LogP contribution in [0.2, 0.25) is 0 Å². The molecule has 0 heterocycles. The molecular formula is C28H38F3N3O4. The first-order valence-corrected chi connectivity index (χ1v) is 13.0. The number of benzene rings is 2. The van der Waals surface area contributed by atoms with Crippen molar-refractivity contribution >= 4 is 12.0 Å². The third-order valence-corrected chi connectivity index (χ3v) is 6.23. The number of unbranched alkanes of at least 4 members (excludes halogenated alkanes) is 1. The Morgan fingerprint density at radius 3 is 2.29 bits per heavy atom. The SMILES string of the molecule is CCCCC(F)C[C@@H](NC(=O)O)C(=O)N[C@@H](Cc1cc(F)cc(F)c1)[C@H](O)CNCc1cccc(CC)c1. The Morgan fingerprint density at radius 1 is 0.974 bits per heavy atom. The van der Waals surface area contributed by atoms with E-state index >= 15 is 0 Å². The first-order chi connectivity index (χ1) is 18.1. The molecule has 0 aliphatic heterocycles. The molecule has 2 amide bonds. The summed E-state index contributed by atoms with van der Waals surface area (Å²) in [4.78, 5) is 24.3. The monoisotopic (exact) mass is 537 g/mol. The fraction of sp³-hybridized carbons (Fsp3) is 0.500. The molecule has 4 atom stereocenters. The van der Waals surface area contributed by atoms with E-state index in [0.29, 0.717) is 19.0 Å². The number of carbonyl (C=O) groups excluding carboxylic acids is 1. The maximum Gasteiger partial charge on any atom is 0.405 e. The number of rotatable bonds is 16. The molecule has 0 bridgehead atoms. The second-order valence-corrected chi connectivity index (χ2v) is 9.45. The van der Waals surface area contributed by atoms with Gasteiger partial charge >= 0.3 is 6.09 Å². The number of hydrogen-bond acceptors (Lipinski definition) is 4. The molecule has 10 heteroatoms. The smallest absolute Gasteiger partial charge is 0.405 e. The summed E-state index contributed by atoms with van der Waals surface area (Å²) in [5.74, 6) is -2.45. The van der Waals surface area contributed by atoms with Crippen molar-refractivity contribution < 1.29 is 33.0 Å². The highest BCUT2D eigenvalue weighted by atomic mass is 19.1. The van der Waals surface area contributed by atoms with E-state index in [9.17, 15) is 27.9 Å². The first-order valence-electron chi connectivity index (χ1n) is 13.0. The Labute approximate surface area is 221 Å². The number of amides is 2. The van der Waals surface area contributed by atoms with Gasteiger partial charge in [0.05, 0.1) is 12.1 Å². The van der Waals surface area contributed by atoms with Gasteiger partial charge in [0.1, 0.15) is 23.8 Å². The second kappa shape index (κ2) is 16.0. The van der Waals surface area contributed by atoms with Crippen molar-refractivity contribution in [2.24, 2.45) is 0 Å². The molecule has 0 aromatic heterocycles. The lowest BCUT2D eigenvalue weighted by Crippen LogP contribution is -2.55. The Balaban J connectivity index is 2.15. The zero-order valence-electron chi connectivity index (χ0n) is 21.9. The maximum absolute atomic E-state index is 14.4. The van der Waals surface area contributed by atoms with Gasteiger partial charge in [-0.3, -0.25) is 4.79 Å². The quantitative estimate of drug-likeness (QED) is 0.220. The summed E-state index contributed by atoms with van der Waals surface area (Å²) in [5, 5.41) is 27.8. The van der Waals surface area contributed by atoms with Gasteiger partial charge in [-0.1, -0.05) is 51.0 Å². The standard InChI is InChI=1S/C28H38F3N3O4/c1-3-5-9-21(29)15-25(34-28(37)38)27(36)33-24(13-20-11-22(30)14-23(31)12-20)26(35)17-32-16-19-8-6-7-18(4-2)10-19/h6-8,10-12,14,21,24-26,32,34-35H,3-5,9,13,15-17H2,1-2H3,(H,33,36)(H,37,38)/t21?,24-,25+,26+/m0/s1. The number of aryl methyl sites for hydroxylation is 1. The van der Waals surface area contributed by atoms with Crippen molar-refractivity contribution in [1.29, 1.82) is 0 Å². The molecule has 0 radical (unpaired) electrons. The predicted octanol–water partition coefficient (Wildman–Crippen LogP) is 4.26. The predicted molar refractivity (Wildman–Crippen MR) is 140 cm³/mol. The lowest BCUT2D eigenvalue weighted by Gasteiger charge is -2.27. The minimum Gasteiger partial charge on any atom is -0.465 e. The number of aliphatic hydroxyl groups excluding tert-OH is 1. The van der Waals surface area contributed by atoms with Crippen molar-refractivity contribution in [3.8, 4) is 0 Å². The highest BCUT2D eigenvalue weighted by molar-refractivity contribution is 5.85. The average molecular weight is 538 g/mol. The molecule has 38 heavy (non-hydrogen) atoms. The topological polar surface area (TPSA) is 111 Å². The zero-order valence-corrected chi connectivity index (χ0v) is 21.9. The third-order valence-electron chi connectivity index (χ3n) is 6.23. The highest BCUT2D eigenvalue weighted by Gasteiger charge is 2.29. The van der Waals surface area contributed by atoms with Crippen LogP contribution in [0.5, 0.6) is 0 Å². The molecule has 2 aromatic carbocycles. The summed E-state index contributed by atoms with van der Waals surface area (Å²) in [5.41, 5.74) is 2.35. The summed E-state index contributed by atoms with van der Waals surface area (Å²) in [6, 6.07) is 8.36. The van der Waals surface area contributed by atoms with E-state index < -0.39 is 48.0 Å². The zero-order chi connectivity index (χ0) is 28.1. The summed E-state index contributed by atoms with van der Waals surface area (Å²) in [7, 11) is 0. The fourth-order valence-corrected chi connectivity index (χ4v) is 4.20. The van der Waals surface area contributed by atoms with Gasteiger partial charge in [0, 0.05) is 25.6 Å². The van der Waals surface area contributed by atoms with Gasteiger partial charge in [-0.15, -0.1) is 0 Å². The van der Waals surface area contributed by atoms with Crippen molar-refractivity contribution in [3.63, 3.8) is 0 Å². The highest BCUT2D eigenvalue weighted by Crippen LogP contribution is 2.15. The number of carboxylic acid groups (broad SMARTS) is 1. The van der Waals surface area contributed by atoms with E-state index in [2.05, 4.69) is 10.6 Å². The van der Waals surface area contributed by atoms with Crippen LogP contribution in [0, 0.1) is 11.6 Å². The van der Waals surface area contributed by atoms with Crippen molar-refractivity contribution in [1.82, 2.24) is 16.0 Å². The summed E-state index contributed by atoms with van der Waals surface area (Å²) in [6.07, 6.45) is -2.22. The van der Waals surface area contributed by atoms with Crippen LogP contribution < -0.4 is 16.0 Å². The molecule has 210 valence electrons. The van der Waals surface area contributed by atoms with E-state index in [0.717, 1.165) is 36.1 Å². The van der Waals surface area contributed by atoms with Crippen LogP contribution in [0.3, 0.4) is 0 Å². The van der Waals surface area contributed by atoms with Crippen LogP contribution in [0.25, 0.3) is 0 Å². The van der Waals surface area contributed by atoms with Gasteiger partial charge in [-0.25, -0.2) is 18.0 Å². The Kier molecular flexibility index (Phi) is 13.1. The molecule has 0 fully saturated rings. The molecule has 7 nitrogen and oxygen atoms in total. The molecule has 2 rings (SSSR count). The number of nitrogens with one attached hydrogen (secondary N) is 3. The molecule has 5 N–H and O–H groups in total. The normalized spacial score (nSPS) is 14.4. The van der Waals surface area contributed by atoms with Crippen LogP contribution in [-0.2, 0) is 24.2 Å². The molecule has 0 saturated heterocycles. The van der Waals surface area contributed by atoms with E-state index in [1.54, 1.807) is 0 Å². The van der Waals surface area contributed by atoms with Gasteiger partial charge in [0.25, 0.3) is 0 Å². The fourth-order valence-electron chi connectivity index (χ4n) is 4.20. The van der Waals surface area contributed by atoms with Crippen LogP contribution in [0.4, 0.5) is 18.0 Å². The molecular weight excluding hydrogens is 499 g/mol. The number of carbonyl (C=O) groups is 2. The van der Waals surface area contributed by atoms with E-state index in [4.69, 9.17) is 5.11 Å². The Morgan fingerprint density at radius 2 is 1.66 bits per heavy atom. The Hall–Kier alpha value is -3.11. The second-order valence-electron chi connectivity index (χ2n) is 9.45. The van der Waals surface area contributed by atoms with E-state index in [1.807, 2.05) is 43.4 Å². The van der Waals surface area contributed by atoms with E-state index in [1.165, 1.54) is 0 Å². The largest absolute Gasteiger partial charge is 0.465 e. The van der Waals surface area contributed by atoms with Gasteiger partial charge < -0.3 is 26.2 Å². The first kappa shape index (κ1) is 31.1. The van der Waals surface area contributed by atoms with Gasteiger partial charge in [0.2, 0.25) is 5.91 Å². The molecule has 1 unspecified atom stereocenters. The summed E-state index contributed by atoms with van der Waals surface area (Å²) in [6.45, 7) is 4.39. The van der Waals surface area contributed by atoms with Crippen molar-refractivity contribution in [3.05, 3.63) is 70.8 Å². The lowest BCUT2D eigenvalue weighted by molar-refractivity contribution is -0.125. The average Bonchev–Trinajstić information content (AvgIpc) is 2.85. The van der Waals surface area contributed by atoms with Crippen LogP contribution >= 0.6 is 0 Å². The minimum absolute atomic E-state index is 0.0261. The van der Waals surface area contributed by atoms with E-state index in [-0.39, 0.29) is 31.4 Å². The number of halogens is 3. The van der Waals surface area contributed by atoms with Gasteiger partial charge in [-0.05, 0) is 48.1 Å². The molecule has 0 saturated carbocycles. The summed E-state index contributed by atoms with van der Waals surface area (Å²) >= 11 is 0. The van der Waals surface area contributed by atoms with Crippen molar-refractivity contribution in [2.45, 2.75) is 83.3 Å². The third kappa shape index (κ3) is 11.1. The Bertz CT molecular complexity index is 1020. The maximum atomic E-state index is 14.4. The molecule has 0 aliphatic carbocycles. The van der Waals surface area contributed by atoms with Gasteiger partial charge in [-0.2, -0.15) is 0 Å². The number of alkyl halides is 1. The van der Waals surface area contributed by atoms with Gasteiger partial charge in [0.15, 0.2) is 0 Å². The lowest BCUT2D eigenvalue weighted by atomic mass is 9.99. The van der Waals surface area contributed by atoms with Crippen LogP contribution in [0.15, 0.2) is 42.5 Å². The number of aliphatic hydroxyl groups is 1. The van der Waals surface area contributed by atoms with Crippen LogP contribution in [0.1, 0.15) is 56.2 Å².